The van der Waals surface area contributed by atoms with Gasteiger partial charge in [-0.3, -0.25) is 0 Å². The summed E-state index contributed by atoms with van der Waals surface area (Å²) in [6, 6.07) is 1.75. The van der Waals surface area contributed by atoms with Crippen LogP contribution in [0.3, 0.4) is 0 Å². The molecule has 0 bridgehead atoms. The molecule has 0 unspecified atom stereocenters. The molecule has 0 spiro atoms. The first-order valence-electron chi connectivity index (χ1n) is 4.88. The monoisotopic (exact) mass is 223 g/mol. The second-order valence-electron chi connectivity index (χ2n) is 3.32. The molecule has 0 aromatic carbocycles. The molecule has 0 N–H and O–H groups in total. The van der Waals surface area contributed by atoms with Crippen molar-refractivity contribution in [2.24, 2.45) is 5.28 Å². The molecule has 0 amide bonds. The molecule has 86 valence electrons. The molecule has 0 aliphatic carbocycles. The minimum atomic E-state index is 0.0865. The first-order valence-corrected chi connectivity index (χ1v) is 4.88. The second kappa shape index (κ2) is 4.60. The van der Waals surface area contributed by atoms with Crippen LogP contribution in [0.5, 0.6) is 0 Å². The third-order valence-corrected chi connectivity index (χ3v) is 2.40. The maximum absolute atomic E-state index is 10.9. The molecule has 2 heterocycles. The third kappa shape index (κ3) is 2.10. The Hall–Kier alpha value is -2.12. The zero-order chi connectivity index (χ0) is 11.4. The molecule has 0 atom stereocenters. The van der Waals surface area contributed by atoms with Crippen LogP contribution in [-0.4, -0.2) is 46.1 Å². The van der Waals surface area contributed by atoms with E-state index >= 15 is 0 Å². The average Bonchev–Trinajstić information content (AvgIpc) is 2.39. The van der Waals surface area contributed by atoms with Crippen molar-refractivity contribution in [1.82, 2.24) is 15.0 Å². The van der Waals surface area contributed by atoms with Crippen LogP contribution in [0.1, 0.15) is 0 Å². The fourth-order valence-corrected chi connectivity index (χ4v) is 1.57. The molecule has 8 nitrogen and oxygen atoms in total. The van der Waals surface area contributed by atoms with E-state index in [4.69, 9.17) is 0 Å². The van der Waals surface area contributed by atoms with Gasteiger partial charge in [0, 0.05) is 30.5 Å². The number of hydrogen-bond acceptors (Lipinski definition) is 6. The molecule has 8 heteroatoms. The van der Waals surface area contributed by atoms with Gasteiger partial charge in [-0.05, 0) is 11.3 Å². The maximum atomic E-state index is 10.9. The van der Waals surface area contributed by atoms with Gasteiger partial charge in [-0.15, -0.1) is 5.01 Å². The minimum absolute atomic E-state index is 0.0865. The quantitative estimate of drug-likeness (QED) is 0.397. The number of piperazine rings is 1. The standard InChI is InChI=1S/C8H12N6O2/c15-11-14(16)13-6-4-12(5-7-13)8-9-2-1-3-10-8/h1-3,15H,4-7H2/p-1/b14-11+. The number of hydrazine groups is 1. The predicted molar refractivity (Wildman–Crippen MR) is 55.2 cm³/mol. The van der Waals surface area contributed by atoms with Crippen molar-refractivity contribution in [3.8, 4) is 0 Å². The average molecular weight is 223 g/mol. The Bertz CT molecular complexity index is 362. The number of anilines is 1. The van der Waals surface area contributed by atoms with Gasteiger partial charge in [0.15, 0.2) is 0 Å². The van der Waals surface area contributed by atoms with E-state index in [9.17, 15) is 10.4 Å². The van der Waals surface area contributed by atoms with Crippen molar-refractivity contribution in [2.45, 2.75) is 0 Å². The van der Waals surface area contributed by atoms with Crippen LogP contribution in [0.4, 0.5) is 5.95 Å². The fraction of sp³-hybridized carbons (Fsp3) is 0.500. The van der Waals surface area contributed by atoms with Crippen LogP contribution in [0.25, 0.3) is 0 Å². The number of nitrogens with zero attached hydrogens (tertiary/aromatic N) is 6. The molecule has 2 rings (SSSR count). The Kier molecular flexibility index (Phi) is 2.99. The highest BCUT2D eigenvalue weighted by Crippen LogP contribution is 2.09. The molecular formula is C8H11N6O2-. The molecule has 1 aliphatic heterocycles. The summed E-state index contributed by atoms with van der Waals surface area (Å²) in [5.74, 6) is 0.638. The Balaban J connectivity index is 1.96. The van der Waals surface area contributed by atoms with Crippen LogP contribution in [-0.2, 0) is 0 Å². The first-order chi connectivity index (χ1) is 7.81. The lowest BCUT2D eigenvalue weighted by Crippen LogP contribution is -2.49. The van der Waals surface area contributed by atoms with Gasteiger partial charge < -0.3 is 15.3 Å². The van der Waals surface area contributed by atoms with Crippen LogP contribution < -0.4 is 4.90 Å². The van der Waals surface area contributed by atoms with Gasteiger partial charge in [-0.25, -0.2) is 9.97 Å². The van der Waals surface area contributed by atoms with Crippen molar-refractivity contribution in [1.29, 1.82) is 0 Å². The summed E-state index contributed by atoms with van der Waals surface area (Å²) in [5.41, 5.74) is 0. The smallest absolute Gasteiger partial charge is 0.225 e. The Morgan fingerprint density at radius 3 is 2.38 bits per heavy atom. The molecule has 1 aliphatic rings. The van der Waals surface area contributed by atoms with Gasteiger partial charge in [0.05, 0.1) is 13.1 Å². The number of hydrogen-bond donors (Lipinski definition) is 0. The maximum Gasteiger partial charge on any atom is 0.225 e. The normalized spacial score (nSPS) is 17.6. The first kappa shape index (κ1) is 10.4. The molecule has 1 fully saturated rings. The molecule has 1 saturated heterocycles. The van der Waals surface area contributed by atoms with E-state index in [1.807, 2.05) is 4.90 Å². The van der Waals surface area contributed by atoms with E-state index in [0.29, 0.717) is 32.1 Å². The summed E-state index contributed by atoms with van der Waals surface area (Å²) in [6.45, 7) is 2.07. The summed E-state index contributed by atoms with van der Waals surface area (Å²) in [6.07, 6.45) is 3.34. The molecule has 0 saturated carbocycles. The van der Waals surface area contributed by atoms with Crippen LogP contribution in [0.2, 0.25) is 0 Å². The zero-order valence-electron chi connectivity index (χ0n) is 8.56. The van der Waals surface area contributed by atoms with Gasteiger partial charge >= 0.3 is 0 Å². The van der Waals surface area contributed by atoms with Gasteiger partial charge in [0.25, 0.3) is 0 Å². The SMILES string of the molecule is [O-]/N=[N+](/[O-])N1CCN(c2ncccn2)CC1. The summed E-state index contributed by atoms with van der Waals surface area (Å²) in [4.78, 5) is 10.3. The molecule has 16 heavy (non-hydrogen) atoms. The van der Waals surface area contributed by atoms with E-state index in [2.05, 4.69) is 15.2 Å². The summed E-state index contributed by atoms with van der Waals surface area (Å²) >= 11 is 0. The molecule has 0 radical (unpaired) electrons. The van der Waals surface area contributed by atoms with Crippen molar-refractivity contribution in [3.05, 3.63) is 28.9 Å². The van der Waals surface area contributed by atoms with E-state index < -0.39 is 0 Å². The van der Waals surface area contributed by atoms with Gasteiger partial charge in [-0.2, -0.15) is 0 Å². The summed E-state index contributed by atoms with van der Waals surface area (Å²) in [7, 11) is 0. The highest BCUT2D eigenvalue weighted by atomic mass is 16.6. The number of aromatic nitrogens is 2. The lowest BCUT2D eigenvalue weighted by molar-refractivity contribution is -0.690. The molecule has 1 aromatic heterocycles. The van der Waals surface area contributed by atoms with E-state index in [-0.39, 0.29) is 4.97 Å². The number of rotatable bonds is 2. The predicted octanol–water partition coefficient (Wildman–Crippen LogP) is -0.0261. The Morgan fingerprint density at radius 2 is 1.81 bits per heavy atom. The Morgan fingerprint density at radius 1 is 1.19 bits per heavy atom. The lowest BCUT2D eigenvalue weighted by atomic mass is 10.4. The summed E-state index contributed by atoms with van der Waals surface area (Å²) < 4.78 is 0. The van der Waals surface area contributed by atoms with Gasteiger partial charge in [-0.1, -0.05) is 0 Å². The highest BCUT2D eigenvalue weighted by Gasteiger charge is 2.22. The summed E-state index contributed by atoms with van der Waals surface area (Å²) in [5, 5.41) is 24.6. The highest BCUT2D eigenvalue weighted by molar-refractivity contribution is 5.28. The van der Waals surface area contributed by atoms with Crippen LogP contribution in [0, 0.1) is 10.4 Å². The minimum Gasteiger partial charge on any atom is -0.737 e. The second-order valence-corrected chi connectivity index (χ2v) is 3.32. The van der Waals surface area contributed by atoms with Crippen molar-refractivity contribution >= 4 is 5.95 Å². The molecule has 1 aromatic rings. The van der Waals surface area contributed by atoms with Gasteiger partial charge in [0.2, 0.25) is 5.95 Å². The lowest BCUT2D eigenvalue weighted by Gasteiger charge is -2.31. The van der Waals surface area contributed by atoms with E-state index in [1.54, 1.807) is 18.5 Å². The van der Waals surface area contributed by atoms with Crippen LogP contribution >= 0.6 is 0 Å². The third-order valence-electron chi connectivity index (χ3n) is 2.40. The van der Waals surface area contributed by atoms with Crippen molar-refractivity contribution < 1.29 is 4.97 Å². The van der Waals surface area contributed by atoms with Crippen molar-refractivity contribution in [2.75, 3.05) is 31.1 Å². The topological polar surface area (TPSA) is 93.7 Å². The van der Waals surface area contributed by atoms with Crippen LogP contribution in [0.15, 0.2) is 23.7 Å². The van der Waals surface area contributed by atoms with E-state index in [0.717, 1.165) is 0 Å². The van der Waals surface area contributed by atoms with Gasteiger partial charge in [0.1, 0.15) is 0 Å². The zero-order valence-corrected chi connectivity index (χ0v) is 8.56. The molecular weight excluding hydrogens is 212 g/mol. The Labute approximate surface area is 92.0 Å². The van der Waals surface area contributed by atoms with E-state index in [1.165, 1.54) is 5.01 Å². The largest absolute Gasteiger partial charge is 0.737 e. The van der Waals surface area contributed by atoms with Crippen molar-refractivity contribution in [3.63, 3.8) is 0 Å². The fourth-order valence-electron chi connectivity index (χ4n) is 1.57.